The van der Waals surface area contributed by atoms with Gasteiger partial charge in [0.15, 0.2) is 0 Å². The number of anilines is 1. The molecule has 0 saturated heterocycles. The highest BCUT2D eigenvalue weighted by Crippen LogP contribution is 2.28. The number of hydrogen-bond acceptors (Lipinski definition) is 7. The first kappa shape index (κ1) is 17.1. The van der Waals surface area contributed by atoms with Crippen LogP contribution in [0.15, 0.2) is 45.4 Å². The van der Waals surface area contributed by atoms with Gasteiger partial charge in [0.1, 0.15) is 16.9 Å². The van der Waals surface area contributed by atoms with Gasteiger partial charge in [-0.1, -0.05) is 11.8 Å². The number of thiophene rings is 1. The summed E-state index contributed by atoms with van der Waals surface area (Å²) >= 11 is 2.38. The molecule has 0 bridgehead atoms. The summed E-state index contributed by atoms with van der Waals surface area (Å²) in [6.07, 6.45) is 0. The van der Waals surface area contributed by atoms with E-state index in [2.05, 4.69) is 15.5 Å². The van der Waals surface area contributed by atoms with Gasteiger partial charge in [-0.15, -0.1) is 21.5 Å². The lowest BCUT2D eigenvalue weighted by atomic mass is 10.2. The molecule has 0 saturated carbocycles. The fraction of sp³-hybridized carbons (Fsp3) is 0.125. The minimum absolute atomic E-state index is 0.230. The normalized spacial score (nSPS) is 11.7. The van der Waals surface area contributed by atoms with Crippen molar-refractivity contribution in [1.29, 1.82) is 5.26 Å². The van der Waals surface area contributed by atoms with Crippen molar-refractivity contribution >= 4 is 34.0 Å². The molecule has 1 atom stereocenters. The van der Waals surface area contributed by atoms with Crippen LogP contribution >= 0.6 is 23.1 Å². The van der Waals surface area contributed by atoms with Crippen molar-refractivity contribution in [1.82, 2.24) is 10.2 Å². The zero-order valence-corrected chi connectivity index (χ0v) is 14.5. The molecule has 1 unspecified atom stereocenters. The van der Waals surface area contributed by atoms with E-state index in [1.165, 1.54) is 35.6 Å². The minimum atomic E-state index is -0.504. The summed E-state index contributed by atoms with van der Waals surface area (Å²) in [6, 6.07) is 9.33. The summed E-state index contributed by atoms with van der Waals surface area (Å²) in [5.41, 5.74) is 1.02. The highest BCUT2D eigenvalue weighted by molar-refractivity contribution is 8.00. The molecule has 9 heteroatoms. The molecule has 2 aromatic heterocycles. The third-order valence-electron chi connectivity index (χ3n) is 3.17. The number of nitrogens with zero attached hydrogens (tertiary/aromatic N) is 3. The number of carbonyl (C=O) groups excluding carboxylic acids is 1. The molecule has 25 heavy (non-hydrogen) atoms. The SMILES string of the molecule is CC(Sc1nnc(-c2ccc(F)cc2)o1)C(=O)Nc1sccc1C#N. The molecule has 1 N–H and O–H groups in total. The summed E-state index contributed by atoms with van der Waals surface area (Å²) in [5, 5.41) is 21.4. The van der Waals surface area contributed by atoms with Gasteiger partial charge >= 0.3 is 0 Å². The van der Waals surface area contributed by atoms with E-state index in [-0.39, 0.29) is 22.8 Å². The van der Waals surface area contributed by atoms with Gasteiger partial charge in [-0.3, -0.25) is 4.79 Å². The number of halogens is 1. The lowest BCUT2D eigenvalue weighted by Gasteiger charge is -2.08. The monoisotopic (exact) mass is 374 g/mol. The van der Waals surface area contributed by atoms with Gasteiger partial charge in [0, 0.05) is 5.56 Å². The Labute approximate surface area is 150 Å². The summed E-state index contributed by atoms with van der Waals surface area (Å²) in [6.45, 7) is 1.70. The van der Waals surface area contributed by atoms with Crippen molar-refractivity contribution in [3.05, 3.63) is 47.1 Å². The zero-order valence-electron chi connectivity index (χ0n) is 12.9. The number of hydrogen-bond donors (Lipinski definition) is 1. The van der Waals surface area contributed by atoms with Crippen LogP contribution < -0.4 is 5.32 Å². The fourth-order valence-electron chi connectivity index (χ4n) is 1.88. The van der Waals surface area contributed by atoms with Crippen LogP contribution in [0, 0.1) is 17.1 Å². The third-order valence-corrected chi connectivity index (χ3v) is 4.93. The molecule has 0 fully saturated rings. The van der Waals surface area contributed by atoms with Crippen LogP contribution in [0.3, 0.4) is 0 Å². The van der Waals surface area contributed by atoms with Crippen molar-refractivity contribution in [3.63, 3.8) is 0 Å². The van der Waals surface area contributed by atoms with Crippen LogP contribution in [0.4, 0.5) is 9.39 Å². The smallest absolute Gasteiger partial charge is 0.277 e. The van der Waals surface area contributed by atoms with E-state index in [0.717, 1.165) is 11.8 Å². The molecular formula is C16H11FN4O2S2. The molecule has 2 heterocycles. The Kier molecular flexibility index (Phi) is 5.11. The molecule has 6 nitrogen and oxygen atoms in total. The van der Waals surface area contributed by atoms with Crippen LogP contribution in [0.5, 0.6) is 0 Å². The summed E-state index contributed by atoms with van der Waals surface area (Å²) < 4.78 is 18.4. The maximum atomic E-state index is 12.9. The maximum absolute atomic E-state index is 12.9. The van der Waals surface area contributed by atoms with Crippen molar-refractivity contribution in [2.24, 2.45) is 0 Å². The van der Waals surface area contributed by atoms with Gasteiger partial charge < -0.3 is 9.73 Å². The third kappa shape index (κ3) is 4.04. The number of nitriles is 1. The molecule has 0 aliphatic rings. The predicted molar refractivity (Wildman–Crippen MR) is 92.7 cm³/mol. The molecule has 1 amide bonds. The van der Waals surface area contributed by atoms with E-state index in [1.807, 2.05) is 6.07 Å². The van der Waals surface area contributed by atoms with Crippen molar-refractivity contribution in [2.75, 3.05) is 5.32 Å². The molecule has 0 aliphatic heterocycles. The summed E-state index contributed by atoms with van der Waals surface area (Å²) in [7, 11) is 0. The lowest BCUT2D eigenvalue weighted by molar-refractivity contribution is -0.115. The quantitative estimate of drug-likeness (QED) is 0.681. The van der Waals surface area contributed by atoms with Gasteiger partial charge in [0.25, 0.3) is 5.22 Å². The topological polar surface area (TPSA) is 91.8 Å². The summed E-state index contributed by atoms with van der Waals surface area (Å²) in [4.78, 5) is 12.2. The van der Waals surface area contributed by atoms with Gasteiger partial charge in [0.05, 0.1) is 10.8 Å². The molecule has 1 aromatic carbocycles. The number of aromatic nitrogens is 2. The largest absolute Gasteiger partial charge is 0.411 e. The Morgan fingerprint density at radius 2 is 2.12 bits per heavy atom. The average Bonchev–Trinajstić information content (AvgIpc) is 3.24. The first-order valence-electron chi connectivity index (χ1n) is 7.11. The van der Waals surface area contributed by atoms with E-state index in [4.69, 9.17) is 9.68 Å². The first-order valence-corrected chi connectivity index (χ1v) is 8.87. The van der Waals surface area contributed by atoms with Crippen LogP contribution in [0.1, 0.15) is 12.5 Å². The number of benzene rings is 1. The van der Waals surface area contributed by atoms with Crippen LogP contribution in [0.2, 0.25) is 0 Å². The molecule has 0 spiro atoms. The Morgan fingerprint density at radius 3 is 2.84 bits per heavy atom. The lowest BCUT2D eigenvalue weighted by Crippen LogP contribution is -2.22. The van der Waals surface area contributed by atoms with E-state index in [9.17, 15) is 9.18 Å². The van der Waals surface area contributed by atoms with Gasteiger partial charge in [-0.2, -0.15) is 5.26 Å². The average molecular weight is 374 g/mol. The van der Waals surface area contributed by atoms with Gasteiger partial charge in [-0.25, -0.2) is 4.39 Å². The number of thioether (sulfide) groups is 1. The van der Waals surface area contributed by atoms with Crippen LogP contribution in [0.25, 0.3) is 11.5 Å². The minimum Gasteiger partial charge on any atom is -0.411 e. The predicted octanol–water partition coefficient (Wildman–Crippen LogP) is 3.93. The first-order chi connectivity index (χ1) is 12.1. The Bertz CT molecular complexity index is 930. The van der Waals surface area contributed by atoms with E-state index < -0.39 is 5.25 Å². The van der Waals surface area contributed by atoms with Crippen molar-refractivity contribution in [3.8, 4) is 17.5 Å². The second-order valence-corrected chi connectivity index (χ2v) is 7.11. The maximum Gasteiger partial charge on any atom is 0.277 e. The molecule has 3 rings (SSSR count). The number of nitrogens with one attached hydrogen (secondary N) is 1. The molecule has 3 aromatic rings. The van der Waals surface area contributed by atoms with E-state index in [1.54, 1.807) is 18.4 Å². The van der Waals surface area contributed by atoms with Crippen LogP contribution in [-0.4, -0.2) is 21.4 Å². The molecule has 0 aliphatic carbocycles. The Morgan fingerprint density at radius 1 is 1.36 bits per heavy atom. The second kappa shape index (κ2) is 7.46. The Balaban J connectivity index is 1.65. The molecular weight excluding hydrogens is 363 g/mol. The van der Waals surface area contributed by atoms with Gasteiger partial charge in [-0.05, 0) is 42.6 Å². The molecule has 0 radical (unpaired) electrons. The molecule has 126 valence electrons. The fourth-order valence-corrected chi connectivity index (χ4v) is 3.30. The Hall–Kier alpha value is -2.70. The second-order valence-electron chi connectivity index (χ2n) is 4.90. The highest BCUT2D eigenvalue weighted by Gasteiger charge is 2.20. The summed E-state index contributed by atoms with van der Waals surface area (Å²) in [5.74, 6) is -0.376. The van der Waals surface area contributed by atoms with Gasteiger partial charge in [0.2, 0.25) is 11.8 Å². The van der Waals surface area contributed by atoms with E-state index >= 15 is 0 Å². The number of carbonyl (C=O) groups is 1. The van der Waals surface area contributed by atoms with Crippen molar-refractivity contribution < 1.29 is 13.6 Å². The standard InChI is InChI=1S/C16H11FN4O2S2/c1-9(13(22)19-15-11(8-18)6-7-24-15)25-16-21-20-14(23-16)10-2-4-12(17)5-3-10/h2-7,9H,1H3,(H,19,22). The highest BCUT2D eigenvalue weighted by atomic mass is 32.2. The van der Waals surface area contributed by atoms with E-state index in [0.29, 0.717) is 16.1 Å². The number of amides is 1. The van der Waals surface area contributed by atoms with Crippen molar-refractivity contribution in [2.45, 2.75) is 17.4 Å². The van der Waals surface area contributed by atoms with Crippen LogP contribution in [-0.2, 0) is 4.79 Å². The zero-order chi connectivity index (χ0) is 17.8. The number of rotatable bonds is 5.